The van der Waals surface area contributed by atoms with Gasteiger partial charge in [-0.05, 0) is 45.4 Å². The van der Waals surface area contributed by atoms with Crippen molar-refractivity contribution in [1.29, 1.82) is 0 Å². The van der Waals surface area contributed by atoms with E-state index in [0.29, 0.717) is 31.3 Å². The minimum absolute atomic E-state index is 0.0158. The number of aromatic nitrogens is 2. The van der Waals surface area contributed by atoms with Crippen LogP contribution in [-0.2, 0) is 11.3 Å². The summed E-state index contributed by atoms with van der Waals surface area (Å²) in [7, 11) is 1.96. The largest absolute Gasteiger partial charge is 0.339 e. The molecule has 1 amide bonds. The molecule has 0 radical (unpaired) electrons. The van der Waals surface area contributed by atoms with Crippen LogP contribution in [0.3, 0.4) is 0 Å². The smallest absolute Gasteiger partial charge is 0.229 e. The van der Waals surface area contributed by atoms with Gasteiger partial charge in [-0.2, -0.15) is 4.98 Å². The Bertz CT molecular complexity index is 737. The van der Waals surface area contributed by atoms with E-state index in [-0.39, 0.29) is 5.91 Å². The van der Waals surface area contributed by atoms with Gasteiger partial charge in [0.15, 0.2) is 5.82 Å². The van der Waals surface area contributed by atoms with Crippen LogP contribution in [0.25, 0.3) is 0 Å². The van der Waals surface area contributed by atoms with E-state index in [2.05, 4.69) is 21.5 Å². The Morgan fingerprint density at radius 3 is 2.84 bits per heavy atom. The quantitative estimate of drug-likeness (QED) is 0.835. The van der Waals surface area contributed by atoms with E-state index in [9.17, 15) is 4.79 Å². The fourth-order valence-corrected chi connectivity index (χ4v) is 2.93. The average molecular weight is 342 g/mol. The van der Waals surface area contributed by atoms with Crippen molar-refractivity contribution in [3.8, 4) is 0 Å². The summed E-state index contributed by atoms with van der Waals surface area (Å²) >= 11 is 0. The van der Waals surface area contributed by atoms with Crippen LogP contribution in [0.4, 0.5) is 5.69 Å². The minimum atomic E-state index is 0.0158. The van der Waals surface area contributed by atoms with Crippen molar-refractivity contribution in [3.63, 3.8) is 0 Å². The summed E-state index contributed by atoms with van der Waals surface area (Å²) in [6.45, 7) is 5.28. The van der Waals surface area contributed by atoms with Gasteiger partial charge in [0.2, 0.25) is 11.8 Å². The molecule has 134 valence electrons. The normalized spacial score (nSPS) is 14.6. The number of nitrogens with one attached hydrogen (secondary N) is 1. The second-order valence-corrected chi connectivity index (χ2v) is 7.03. The fourth-order valence-electron chi connectivity index (χ4n) is 2.93. The highest BCUT2D eigenvalue weighted by molar-refractivity contribution is 5.91. The SMILES string of the molecule is Cc1ccc(NC(=O)CCN(C)Cc2noc(C3CCC3)n2)c(C)c1. The first-order valence-corrected chi connectivity index (χ1v) is 8.89. The highest BCUT2D eigenvalue weighted by Crippen LogP contribution is 2.35. The third-order valence-corrected chi connectivity index (χ3v) is 4.73. The van der Waals surface area contributed by atoms with Crippen LogP contribution in [0, 0.1) is 13.8 Å². The first-order chi connectivity index (χ1) is 12.0. The standard InChI is InChI=1S/C19H26N4O2/c1-13-7-8-16(14(2)11-13)20-18(24)9-10-23(3)12-17-21-19(25-22-17)15-5-4-6-15/h7-8,11,15H,4-6,9-10,12H2,1-3H3,(H,20,24). The monoisotopic (exact) mass is 342 g/mol. The molecular formula is C19H26N4O2. The molecule has 1 saturated carbocycles. The molecule has 0 saturated heterocycles. The Morgan fingerprint density at radius 1 is 1.36 bits per heavy atom. The van der Waals surface area contributed by atoms with Crippen LogP contribution in [0.1, 0.15) is 54.4 Å². The Labute approximate surface area is 148 Å². The highest BCUT2D eigenvalue weighted by atomic mass is 16.5. The van der Waals surface area contributed by atoms with Gasteiger partial charge in [-0.25, -0.2) is 0 Å². The van der Waals surface area contributed by atoms with E-state index in [4.69, 9.17) is 4.52 Å². The van der Waals surface area contributed by atoms with E-state index in [1.54, 1.807) is 0 Å². The van der Waals surface area contributed by atoms with Gasteiger partial charge in [0.05, 0.1) is 6.54 Å². The first-order valence-electron chi connectivity index (χ1n) is 8.89. The van der Waals surface area contributed by atoms with Crippen LogP contribution in [0.15, 0.2) is 22.7 Å². The Morgan fingerprint density at radius 2 is 2.16 bits per heavy atom. The molecule has 1 aromatic carbocycles. The minimum Gasteiger partial charge on any atom is -0.339 e. The molecule has 6 heteroatoms. The van der Waals surface area contributed by atoms with Crippen molar-refractivity contribution in [1.82, 2.24) is 15.0 Å². The molecule has 6 nitrogen and oxygen atoms in total. The van der Waals surface area contributed by atoms with Gasteiger partial charge in [-0.15, -0.1) is 0 Å². The van der Waals surface area contributed by atoms with Crippen LogP contribution in [0.2, 0.25) is 0 Å². The zero-order valence-electron chi connectivity index (χ0n) is 15.2. The summed E-state index contributed by atoms with van der Waals surface area (Å²) in [5, 5.41) is 7.02. The second-order valence-electron chi connectivity index (χ2n) is 7.03. The predicted molar refractivity (Wildman–Crippen MR) is 96.4 cm³/mol. The molecule has 25 heavy (non-hydrogen) atoms. The van der Waals surface area contributed by atoms with Gasteiger partial charge >= 0.3 is 0 Å². The van der Waals surface area contributed by atoms with Crippen molar-refractivity contribution in [2.24, 2.45) is 0 Å². The van der Waals surface area contributed by atoms with Crippen molar-refractivity contribution < 1.29 is 9.32 Å². The fraction of sp³-hybridized carbons (Fsp3) is 0.526. The third-order valence-electron chi connectivity index (χ3n) is 4.73. The number of amides is 1. The van der Waals surface area contributed by atoms with Gasteiger partial charge in [0, 0.05) is 24.6 Å². The lowest BCUT2D eigenvalue weighted by molar-refractivity contribution is -0.116. The zero-order valence-corrected chi connectivity index (χ0v) is 15.2. The van der Waals surface area contributed by atoms with E-state index >= 15 is 0 Å². The number of hydrogen-bond donors (Lipinski definition) is 1. The number of rotatable bonds is 7. The molecule has 1 aromatic heterocycles. The van der Waals surface area contributed by atoms with Crippen LogP contribution in [-0.4, -0.2) is 34.5 Å². The number of hydrogen-bond acceptors (Lipinski definition) is 5. The van der Waals surface area contributed by atoms with E-state index < -0.39 is 0 Å². The van der Waals surface area contributed by atoms with Crippen molar-refractivity contribution in [2.75, 3.05) is 18.9 Å². The predicted octanol–water partition coefficient (Wildman–Crippen LogP) is 3.41. The van der Waals surface area contributed by atoms with Crippen LogP contribution >= 0.6 is 0 Å². The summed E-state index contributed by atoms with van der Waals surface area (Å²) in [6, 6.07) is 6.02. The number of carbonyl (C=O) groups is 1. The van der Waals surface area contributed by atoms with Gasteiger partial charge in [0.25, 0.3) is 0 Å². The molecule has 0 atom stereocenters. The maximum absolute atomic E-state index is 12.2. The van der Waals surface area contributed by atoms with Crippen LogP contribution < -0.4 is 5.32 Å². The first kappa shape index (κ1) is 17.6. The lowest BCUT2D eigenvalue weighted by atomic mass is 9.85. The third kappa shape index (κ3) is 4.66. The lowest BCUT2D eigenvalue weighted by Gasteiger charge is -2.20. The number of nitrogens with zero attached hydrogens (tertiary/aromatic N) is 3. The van der Waals surface area contributed by atoms with Gasteiger partial charge in [0.1, 0.15) is 0 Å². The molecule has 1 N–H and O–H groups in total. The molecule has 0 spiro atoms. The lowest BCUT2D eigenvalue weighted by Crippen LogP contribution is -2.24. The second kappa shape index (κ2) is 7.78. The molecule has 1 aliphatic carbocycles. The summed E-state index contributed by atoms with van der Waals surface area (Å²) in [5.74, 6) is 1.93. The Balaban J connectivity index is 1.44. The molecule has 0 unspecified atom stereocenters. The highest BCUT2D eigenvalue weighted by Gasteiger charge is 2.25. The molecule has 0 aliphatic heterocycles. The zero-order chi connectivity index (χ0) is 17.8. The van der Waals surface area contributed by atoms with E-state index in [1.165, 1.54) is 12.0 Å². The molecule has 3 rings (SSSR count). The van der Waals surface area contributed by atoms with Crippen molar-refractivity contribution in [3.05, 3.63) is 41.0 Å². The number of anilines is 1. The molecule has 2 aromatic rings. The summed E-state index contributed by atoms with van der Waals surface area (Å²) in [5.41, 5.74) is 3.15. The Kier molecular flexibility index (Phi) is 5.48. The van der Waals surface area contributed by atoms with Crippen LogP contribution in [0.5, 0.6) is 0 Å². The molecule has 1 heterocycles. The van der Waals surface area contributed by atoms with Crippen molar-refractivity contribution >= 4 is 11.6 Å². The summed E-state index contributed by atoms with van der Waals surface area (Å²) in [6.07, 6.45) is 3.97. The topological polar surface area (TPSA) is 71.3 Å². The summed E-state index contributed by atoms with van der Waals surface area (Å²) in [4.78, 5) is 18.7. The number of benzene rings is 1. The number of aryl methyl sites for hydroxylation is 2. The van der Waals surface area contributed by atoms with E-state index in [1.807, 2.05) is 37.9 Å². The molecule has 1 aliphatic rings. The average Bonchev–Trinajstić information content (AvgIpc) is 2.94. The Hall–Kier alpha value is -2.21. The number of carbonyl (C=O) groups excluding carboxylic acids is 1. The van der Waals surface area contributed by atoms with Gasteiger partial charge < -0.3 is 9.84 Å². The maximum atomic E-state index is 12.2. The van der Waals surface area contributed by atoms with Gasteiger partial charge in [-0.3, -0.25) is 9.69 Å². The van der Waals surface area contributed by atoms with Gasteiger partial charge in [-0.1, -0.05) is 29.3 Å². The molecular weight excluding hydrogens is 316 g/mol. The van der Waals surface area contributed by atoms with Crippen molar-refractivity contribution in [2.45, 2.75) is 52.0 Å². The van der Waals surface area contributed by atoms with E-state index in [0.717, 1.165) is 30.0 Å². The molecule has 1 fully saturated rings. The maximum Gasteiger partial charge on any atom is 0.229 e. The molecule has 0 bridgehead atoms. The summed E-state index contributed by atoms with van der Waals surface area (Å²) < 4.78 is 5.33.